The Labute approximate surface area is 154 Å². The molecule has 0 bridgehead atoms. The monoisotopic (exact) mass is 361 g/mol. The Kier molecular flexibility index (Phi) is 6.13. The Bertz CT molecular complexity index is 682. The number of hydrogen-bond acceptors (Lipinski definition) is 5. The van der Waals surface area contributed by atoms with Gasteiger partial charge in [0.1, 0.15) is 5.15 Å². The molecular formula is C19H24ClN3O2. The van der Waals surface area contributed by atoms with E-state index in [9.17, 15) is 0 Å². The first-order chi connectivity index (χ1) is 12.1. The Morgan fingerprint density at radius 3 is 2.80 bits per heavy atom. The zero-order valence-corrected chi connectivity index (χ0v) is 15.4. The second kappa shape index (κ2) is 8.52. The van der Waals surface area contributed by atoms with Crippen LogP contribution >= 0.6 is 11.6 Å². The average Bonchev–Trinajstić information content (AvgIpc) is 2.86. The highest BCUT2D eigenvalue weighted by Gasteiger charge is 2.22. The highest BCUT2D eigenvalue weighted by Crippen LogP contribution is 2.29. The zero-order valence-electron chi connectivity index (χ0n) is 14.7. The van der Waals surface area contributed by atoms with E-state index in [0.717, 1.165) is 24.6 Å². The van der Waals surface area contributed by atoms with Crippen LogP contribution in [0.15, 0.2) is 42.5 Å². The molecule has 5 nitrogen and oxygen atoms in total. The van der Waals surface area contributed by atoms with Gasteiger partial charge in [0.15, 0.2) is 5.82 Å². The van der Waals surface area contributed by atoms with Gasteiger partial charge in [0.25, 0.3) is 0 Å². The summed E-state index contributed by atoms with van der Waals surface area (Å²) in [4.78, 5) is 8.71. The summed E-state index contributed by atoms with van der Waals surface area (Å²) in [6.45, 7) is 3.41. The van der Waals surface area contributed by atoms with Gasteiger partial charge in [-0.05, 0) is 17.7 Å². The Morgan fingerprint density at radius 1 is 1.24 bits per heavy atom. The standard InChI is InChI=1S/C19H24ClN3O2/c1-22(2)19-17(8-9-18(20)21-19)23-10-11-24-14-16(12-23)25-13-15-6-4-3-5-7-15/h3-9,16H,10-14H2,1-2H3. The van der Waals surface area contributed by atoms with Gasteiger partial charge in [-0.15, -0.1) is 0 Å². The van der Waals surface area contributed by atoms with Gasteiger partial charge < -0.3 is 19.3 Å². The van der Waals surface area contributed by atoms with Crippen LogP contribution in [0.3, 0.4) is 0 Å². The zero-order chi connectivity index (χ0) is 17.6. The molecule has 0 aliphatic carbocycles. The summed E-state index contributed by atoms with van der Waals surface area (Å²) in [5, 5.41) is 0.496. The molecule has 1 unspecified atom stereocenters. The molecule has 1 aromatic carbocycles. The van der Waals surface area contributed by atoms with Crippen LogP contribution in [-0.4, -0.2) is 51.5 Å². The van der Waals surface area contributed by atoms with Crippen molar-refractivity contribution >= 4 is 23.1 Å². The second-order valence-electron chi connectivity index (χ2n) is 6.31. The van der Waals surface area contributed by atoms with Crippen LogP contribution < -0.4 is 9.80 Å². The molecule has 0 amide bonds. The van der Waals surface area contributed by atoms with Crippen LogP contribution in [0.25, 0.3) is 0 Å². The molecule has 0 saturated carbocycles. The predicted molar refractivity (Wildman–Crippen MR) is 102 cm³/mol. The number of hydrogen-bond donors (Lipinski definition) is 0. The van der Waals surface area contributed by atoms with Crippen molar-refractivity contribution in [3.63, 3.8) is 0 Å². The predicted octanol–water partition coefficient (Wildman–Crippen LogP) is 3.22. The molecule has 1 aromatic heterocycles. The van der Waals surface area contributed by atoms with E-state index in [2.05, 4.69) is 22.0 Å². The molecule has 2 heterocycles. The first-order valence-corrected chi connectivity index (χ1v) is 8.83. The van der Waals surface area contributed by atoms with Crippen LogP contribution in [0.1, 0.15) is 5.56 Å². The lowest BCUT2D eigenvalue weighted by molar-refractivity contribution is -0.00795. The highest BCUT2D eigenvalue weighted by atomic mass is 35.5. The number of anilines is 2. The maximum Gasteiger partial charge on any atom is 0.153 e. The summed E-state index contributed by atoms with van der Waals surface area (Å²) in [7, 11) is 3.94. The second-order valence-corrected chi connectivity index (χ2v) is 6.70. The minimum Gasteiger partial charge on any atom is -0.377 e. The third kappa shape index (κ3) is 4.84. The topological polar surface area (TPSA) is 37.8 Å². The first kappa shape index (κ1) is 18.0. The van der Waals surface area contributed by atoms with Crippen molar-refractivity contribution in [2.75, 3.05) is 50.2 Å². The van der Waals surface area contributed by atoms with E-state index >= 15 is 0 Å². The van der Waals surface area contributed by atoms with Crippen molar-refractivity contribution < 1.29 is 9.47 Å². The molecule has 1 atom stereocenters. The molecule has 0 N–H and O–H groups in total. The number of halogens is 1. The molecule has 134 valence electrons. The third-order valence-electron chi connectivity index (χ3n) is 4.15. The third-order valence-corrected chi connectivity index (χ3v) is 4.36. The smallest absolute Gasteiger partial charge is 0.153 e. The number of rotatable bonds is 5. The summed E-state index contributed by atoms with van der Waals surface area (Å²) < 4.78 is 11.8. The van der Waals surface area contributed by atoms with E-state index in [-0.39, 0.29) is 6.10 Å². The van der Waals surface area contributed by atoms with Gasteiger partial charge >= 0.3 is 0 Å². The maximum absolute atomic E-state index is 6.10. The van der Waals surface area contributed by atoms with E-state index in [1.54, 1.807) is 0 Å². The normalized spacial score (nSPS) is 18.0. The molecule has 3 rings (SSSR count). The average molecular weight is 362 g/mol. The highest BCUT2D eigenvalue weighted by molar-refractivity contribution is 6.29. The van der Waals surface area contributed by atoms with Crippen molar-refractivity contribution in [2.24, 2.45) is 0 Å². The number of pyridine rings is 1. The summed E-state index contributed by atoms with van der Waals surface area (Å²) in [5.41, 5.74) is 2.22. The minimum atomic E-state index is 0.00777. The lowest BCUT2D eigenvalue weighted by Crippen LogP contribution is -2.35. The molecule has 0 spiro atoms. The largest absolute Gasteiger partial charge is 0.377 e. The van der Waals surface area contributed by atoms with Crippen molar-refractivity contribution in [2.45, 2.75) is 12.7 Å². The van der Waals surface area contributed by atoms with E-state index in [1.165, 1.54) is 5.56 Å². The lowest BCUT2D eigenvalue weighted by atomic mass is 10.2. The van der Waals surface area contributed by atoms with Crippen molar-refractivity contribution in [1.82, 2.24) is 4.98 Å². The summed E-state index contributed by atoms with van der Waals surface area (Å²) in [6.07, 6.45) is 0.00777. The van der Waals surface area contributed by atoms with Gasteiger partial charge in [-0.25, -0.2) is 4.98 Å². The summed E-state index contributed by atoms with van der Waals surface area (Å²) >= 11 is 6.07. The van der Waals surface area contributed by atoms with E-state index < -0.39 is 0 Å². The molecular weight excluding hydrogens is 338 g/mol. The number of aromatic nitrogens is 1. The van der Waals surface area contributed by atoms with Gasteiger partial charge in [-0.2, -0.15) is 0 Å². The van der Waals surface area contributed by atoms with Gasteiger partial charge in [0.2, 0.25) is 0 Å². The number of ether oxygens (including phenoxy) is 2. The minimum absolute atomic E-state index is 0.00777. The van der Waals surface area contributed by atoms with Crippen molar-refractivity contribution in [3.8, 4) is 0 Å². The maximum atomic E-state index is 6.10. The first-order valence-electron chi connectivity index (χ1n) is 8.45. The van der Waals surface area contributed by atoms with Crippen LogP contribution in [0.5, 0.6) is 0 Å². The number of benzene rings is 1. The van der Waals surface area contributed by atoms with E-state index in [0.29, 0.717) is 25.0 Å². The van der Waals surface area contributed by atoms with Gasteiger partial charge in [-0.3, -0.25) is 0 Å². The van der Waals surface area contributed by atoms with Gasteiger partial charge in [0, 0.05) is 27.2 Å². The van der Waals surface area contributed by atoms with Crippen molar-refractivity contribution in [1.29, 1.82) is 0 Å². The number of nitrogens with zero attached hydrogens (tertiary/aromatic N) is 3. The molecule has 1 aliphatic rings. The van der Waals surface area contributed by atoms with Crippen molar-refractivity contribution in [3.05, 3.63) is 53.2 Å². The van der Waals surface area contributed by atoms with Crippen LogP contribution in [0.2, 0.25) is 5.15 Å². The Hall–Kier alpha value is -1.82. The summed E-state index contributed by atoms with van der Waals surface area (Å²) in [6, 6.07) is 14.1. The Morgan fingerprint density at radius 2 is 2.04 bits per heavy atom. The molecule has 1 fully saturated rings. The molecule has 0 radical (unpaired) electrons. The van der Waals surface area contributed by atoms with Gasteiger partial charge in [-0.1, -0.05) is 41.9 Å². The SMILES string of the molecule is CN(C)c1nc(Cl)ccc1N1CCOCC(OCc2ccccc2)C1. The quantitative estimate of drug-likeness (QED) is 0.764. The molecule has 1 saturated heterocycles. The van der Waals surface area contributed by atoms with Crippen LogP contribution in [-0.2, 0) is 16.1 Å². The molecule has 25 heavy (non-hydrogen) atoms. The van der Waals surface area contributed by atoms with Gasteiger partial charge in [0.05, 0.1) is 31.6 Å². The fourth-order valence-electron chi connectivity index (χ4n) is 2.88. The van der Waals surface area contributed by atoms with Crippen LogP contribution in [0, 0.1) is 0 Å². The van der Waals surface area contributed by atoms with Crippen LogP contribution in [0.4, 0.5) is 11.5 Å². The van der Waals surface area contributed by atoms with E-state index in [4.69, 9.17) is 21.1 Å². The Balaban J connectivity index is 1.72. The lowest BCUT2D eigenvalue weighted by Gasteiger charge is -2.29. The molecule has 2 aromatic rings. The summed E-state index contributed by atoms with van der Waals surface area (Å²) in [5.74, 6) is 0.858. The van der Waals surface area contributed by atoms with E-state index in [1.807, 2.05) is 49.3 Å². The fraction of sp³-hybridized carbons (Fsp3) is 0.421. The molecule has 1 aliphatic heterocycles. The molecule has 6 heteroatoms. The fourth-order valence-corrected chi connectivity index (χ4v) is 3.02.